The number of carbonyl (C=O) groups is 2. The van der Waals surface area contributed by atoms with Gasteiger partial charge in [0.05, 0.1) is 27.7 Å². The molecule has 0 spiro atoms. The van der Waals surface area contributed by atoms with Crippen LogP contribution >= 0.6 is 7.82 Å². The first-order valence-corrected chi connectivity index (χ1v) is 38.4. The molecule has 2 atom stereocenters. The quantitative estimate of drug-likeness (QED) is 0.0211. The minimum atomic E-state index is -4.40. The topological polar surface area (TPSA) is 108 Å². The highest BCUT2D eigenvalue weighted by atomic mass is 31.2. The molecule has 0 saturated carbocycles. The Morgan fingerprint density at radius 3 is 0.956 bits per heavy atom. The van der Waals surface area contributed by atoms with E-state index in [1.807, 2.05) is 21.1 Å². The van der Waals surface area contributed by atoms with Crippen molar-refractivity contribution in [2.75, 3.05) is 47.5 Å². The van der Waals surface area contributed by atoms with E-state index in [4.69, 9.17) is 18.5 Å². The first kappa shape index (κ1) is 86.2. The predicted molar refractivity (Wildman–Crippen MR) is 390 cm³/mol. The maximum absolute atomic E-state index is 12.9. The Morgan fingerprint density at radius 2 is 0.633 bits per heavy atom. The maximum Gasteiger partial charge on any atom is 0.472 e. The summed E-state index contributed by atoms with van der Waals surface area (Å²) >= 11 is 0. The summed E-state index contributed by atoms with van der Waals surface area (Å²) in [4.78, 5) is 35.9. The van der Waals surface area contributed by atoms with Crippen molar-refractivity contribution in [3.8, 4) is 0 Å². The highest BCUT2D eigenvalue weighted by Crippen LogP contribution is 2.43. The minimum absolute atomic E-state index is 0.0263. The van der Waals surface area contributed by atoms with E-state index in [2.05, 4.69) is 148 Å². The number of hydrogen-bond donors (Lipinski definition) is 1. The first-order valence-electron chi connectivity index (χ1n) is 36.9. The van der Waals surface area contributed by atoms with Crippen LogP contribution in [0.25, 0.3) is 0 Å². The van der Waals surface area contributed by atoms with Gasteiger partial charge in [0.15, 0.2) is 6.10 Å². The summed E-state index contributed by atoms with van der Waals surface area (Å²) in [5, 5.41) is 0. The molecule has 1 N–H and O–H groups in total. The molecule has 0 aliphatic heterocycles. The zero-order valence-corrected chi connectivity index (χ0v) is 59.7. The van der Waals surface area contributed by atoms with Crippen LogP contribution in [0.1, 0.15) is 309 Å². The summed E-state index contributed by atoms with van der Waals surface area (Å²) in [6.07, 6.45) is 101. The Hall–Kier alpha value is -3.85. The van der Waals surface area contributed by atoms with Crippen LogP contribution < -0.4 is 0 Å². The second-order valence-electron chi connectivity index (χ2n) is 25.6. The van der Waals surface area contributed by atoms with Gasteiger partial charge in [0.25, 0.3) is 0 Å². The summed E-state index contributed by atoms with van der Waals surface area (Å²) in [6, 6.07) is 0. The fraction of sp³-hybridized carbons (Fsp3) is 0.700. The van der Waals surface area contributed by atoms with Gasteiger partial charge in [0.1, 0.15) is 19.8 Å². The third kappa shape index (κ3) is 73.2. The number of hydrogen-bond acceptors (Lipinski definition) is 7. The molecule has 0 aromatic heterocycles. The van der Waals surface area contributed by atoms with Crippen molar-refractivity contribution in [3.63, 3.8) is 0 Å². The molecular formula is C80H139NO8P+. The molecule has 0 heterocycles. The van der Waals surface area contributed by atoms with Crippen molar-refractivity contribution in [2.45, 2.75) is 315 Å². The summed E-state index contributed by atoms with van der Waals surface area (Å²) < 4.78 is 34.7. The molecule has 0 aliphatic rings. The van der Waals surface area contributed by atoms with Crippen molar-refractivity contribution >= 4 is 19.8 Å². The SMILES string of the molecule is CC/C=C\C/C=C\C/C=C\C/C=C\C/C=C\C/C=C\C/C=C\C/C=C\C/C=C\C/C=C\CCCCCCCCCCCCC(=O)OC(COC(=O)CCCCCCCCCCCCCCC/C=C\CCCCCCCCCC)COP(=O)(O)OCC[N+](C)(C)C. The van der Waals surface area contributed by atoms with Crippen LogP contribution in [0.3, 0.4) is 0 Å². The van der Waals surface area contributed by atoms with E-state index in [1.165, 1.54) is 167 Å². The molecule has 9 nitrogen and oxygen atoms in total. The van der Waals surface area contributed by atoms with E-state index >= 15 is 0 Å². The van der Waals surface area contributed by atoms with Crippen LogP contribution in [0, 0.1) is 0 Å². The van der Waals surface area contributed by atoms with Crippen molar-refractivity contribution in [1.82, 2.24) is 0 Å². The monoisotopic (exact) mass is 1270 g/mol. The minimum Gasteiger partial charge on any atom is -0.462 e. The Morgan fingerprint density at radius 1 is 0.356 bits per heavy atom. The normalized spacial score (nSPS) is 13.9. The number of allylic oxidation sites excluding steroid dienone is 22. The molecule has 0 fully saturated rings. The molecule has 0 aromatic carbocycles. The zero-order valence-electron chi connectivity index (χ0n) is 58.8. The number of phosphoric ester groups is 1. The number of carbonyl (C=O) groups excluding carboxylic acids is 2. The van der Waals surface area contributed by atoms with Crippen LogP contribution in [0.5, 0.6) is 0 Å². The van der Waals surface area contributed by atoms with Crippen LogP contribution in [0.4, 0.5) is 0 Å². The van der Waals surface area contributed by atoms with Gasteiger partial charge in [0.2, 0.25) is 0 Å². The van der Waals surface area contributed by atoms with Gasteiger partial charge in [-0.3, -0.25) is 18.6 Å². The highest BCUT2D eigenvalue weighted by molar-refractivity contribution is 7.47. The second kappa shape index (κ2) is 69.5. The number of phosphoric acid groups is 1. The Labute approximate surface area is 555 Å². The zero-order chi connectivity index (χ0) is 65.5. The number of unbranched alkanes of at least 4 members (excludes halogenated alkanes) is 31. The van der Waals surface area contributed by atoms with Crippen molar-refractivity contribution in [3.05, 3.63) is 134 Å². The molecule has 0 aromatic rings. The highest BCUT2D eigenvalue weighted by Gasteiger charge is 2.27. The Balaban J connectivity index is 4.07. The predicted octanol–water partition coefficient (Wildman–Crippen LogP) is 24.4. The summed E-state index contributed by atoms with van der Waals surface area (Å²) in [5.41, 5.74) is 0. The van der Waals surface area contributed by atoms with Gasteiger partial charge in [-0.1, -0.05) is 314 Å². The molecule has 516 valence electrons. The Bertz CT molecular complexity index is 1980. The lowest BCUT2D eigenvalue weighted by atomic mass is 10.0. The van der Waals surface area contributed by atoms with E-state index in [-0.39, 0.29) is 32.0 Å². The first-order chi connectivity index (χ1) is 44.0. The fourth-order valence-corrected chi connectivity index (χ4v) is 10.8. The van der Waals surface area contributed by atoms with Crippen LogP contribution in [-0.4, -0.2) is 74.9 Å². The van der Waals surface area contributed by atoms with Gasteiger partial charge in [-0.2, -0.15) is 0 Å². The van der Waals surface area contributed by atoms with Crippen molar-refractivity contribution in [2.24, 2.45) is 0 Å². The van der Waals surface area contributed by atoms with Gasteiger partial charge >= 0.3 is 19.8 Å². The molecule has 10 heteroatoms. The van der Waals surface area contributed by atoms with Crippen LogP contribution in [0.15, 0.2) is 134 Å². The molecular weight excluding hydrogens is 1130 g/mol. The van der Waals surface area contributed by atoms with Gasteiger partial charge in [0, 0.05) is 12.8 Å². The van der Waals surface area contributed by atoms with Gasteiger partial charge in [-0.25, -0.2) is 4.57 Å². The average Bonchev–Trinajstić information content (AvgIpc) is 3.62. The van der Waals surface area contributed by atoms with E-state index < -0.39 is 26.5 Å². The number of nitrogens with zero attached hydrogens (tertiary/aromatic N) is 1. The van der Waals surface area contributed by atoms with E-state index in [9.17, 15) is 19.0 Å². The molecule has 2 unspecified atom stereocenters. The van der Waals surface area contributed by atoms with Crippen molar-refractivity contribution < 1.29 is 42.1 Å². The van der Waals surface area contributed by atoms with Gasteiger partial charge < -0.3 is 18.9 Å². The lowest BCUT2D eigenvalue weighted by molar-refractivity contribution is -0.870. The number of rotatable bonds is 67. The summed E-state index contributed by atoms with van der Waals surface area (Å²) in [7, 11) is 1.47. The average molecular weight is 1270 g/mol. The molecule has 0 rings (SSSR count). The second-order valence-corrected chi connectivity index (χ2v) is 27.0. The largest absolute Gasteiger partial charge is 0.472 e. The van der Waals surface area contributed by atoms with E-state index in [0.29, 0.717) is 17.4 Å². The van der Waals surface area contributed by atoms with E-state index in [0.717, 1.165) is 109 Å². The molecule has 0 aliphatic carbocycles. The molecule has 90 heavy (non-hydrogen) atoms. The lowest BCUT2D eigenvalue weighted by Crippen LogP contribution is -2.37. The fourth-order valence-electron chi connectivity index (χ4n) is 10.0. The van der Waals surface area contributed by atoms with Crippen LogP contribution in [-0.2, 0) is 32.7 Å². The van der Waals surface area contributed by atoms with Gasteiger partial charge in [-0.05, 0) is 116 Å². The standard InChI is InChI=1S/C80H138NO8P/c1-6-8-10-12-14-16-18-20-22-24-26-28-30-32-33-34-35-36-37-38-39-40-41-42-43-44-45-46-47-49-51-53-55-57-59-61-63-65-67-69-71-73-80(83)89-78(77-88-90(84,85)87-75-74-81(3,4)5)76-86-79(82)72-70-68-66-64-62-60-58-56-54-52-50-48-31-29-27-25-23-21-19-17-15-13-11-9-7-2/h8,10,14,16,20,22,25-28,32-33,35-36,38-39,41-42,44-45,47,49,78H,6-7,9,11-13,15,17-19,21,23-24,29-31,34,37,40,43,46,48,50-77H2,1-5H3/p+1/b10-8-,16-14-,22-20-,27-25-,28-26-,33-32-,36-35-,39-38-,42-41-,45-44-,49-47-. The maximum atomic E-state index is 12.9. The van der Waals surface area contributed by atoms with Gasteiger partial charge in [-0.15, -0.1) is 0 Å². The molecule has 0 saturated heterocycles. The van der Waals surface area contributed by atoms with Crippen molar-refractivity contribution in [1.29, 1.82) is 0 Å². The Kier molecular flexibility index (Phi) is 66.5. The molecule has 0 bridgehead atoms. The molecule has 0 radical (unpaired) electrons. The smallest absolute Gasteiger partial charge is 0.462 e. The number of ether oxygens (including phenoxy) is 2. The number of likely N-dealkylation sites (N-methyl/N-ethyl adjacent to an activating group) is 1. The third-order valence-electron chi connectivity index (χ3n) is 15.7. The summed E-state index contributed by atoms with van der Waals surface area (Å²) in [5.74, 6) is -0.799. The summed E-state index contributed by atoms with van der Waals surface area (Å²) in [6.45, 7) is 4.34. The van der Waals surface area contributed by atoms with Crippen LogP contribution in [0.2, 0.25) is 0 Å². The molecule has 0 amide bonds. The lowest BCUT2D eigenvalue weighted by Gasteiger charge is -2.24. The number of esters is 2. The van der Waals surface area contributed by atoms with E-state index in [1.54, 1.807) is 0 Å². The third-order valence-corrected chi connectivity index (χ3v) is 16.6. The number of quaternary nitrogens is 1.